The van der Waals surface area contributed by atoms with Crippen molar-refractivity contribution in [3.8, 4) is 0 Å². The number of rotatable bonds is 0. The van der Waals surface area contributed by atoms with E-state index in [4.69, 9.17) is 0 Å². The van der Waals surface area contributed by atoms with Gasteiger partial charge in [0, 0.05) is 0 Å². The third-order valence-corrected chi connectivity index (χ3v) is 0.940. The van der Waals surface area contributed by atoms with E-state index in [-0.39, 0.29) is 0 Å². The predicted octanol–water partition coefficient (Wildman–Crippen LogP) is 3.76. The van der Waals surface area contributed by atoms with Crippen molar-refractivity contribution in [1.82, 2.24) is 0 Å². The van der Waals surface area contributed by atoms with Gasteiger partial charge in [-0.1, -0.05) is 35.9 Å². The number of hydrogen-bond acceptors (Lipinski definition) is 0. The molecule has 0 aromatic heterocycles. The Labute approximate surface area is 91.1 Å². The summed E-state index contributed by atoms with van der Waals surface area (Å²) in [7, 11) is 0.650. The summed E-state index contributed by atoms with van der Waals surface area (Å²) in [6.07, 6.45) is 0. The van der Waals surface area contributed by atoms with Crippen LogP contribution in [0.5, 0.6) is 0 Å². The fourth-order valence-electron chi connectivity index (χ4n) is 0.534. The molecule has 0 radical (unpaired) electrons. The van der Waals surface area contributed by atoms with Crippen LogP contribution in [0.4, 0.5) is 0 Å². The van der Waals surface area contributed by atoms with Crippen LogP contribution in [0.3, 0.4) is 0 Å². The number of hydrogen-bond donors (Lipinski definition) is 0. The molecule has 0 spiro atoms. The molecule has 1 rings (SSSR count). The molecule has 0 amide bonds. The van der Waals surface area contributed by atoms with Gasteiger partial charge in [0.25, 0.3) is 0 Å². The van der Waals surface area contributed by atoms with Gasteiger partial charge in [-0.2, -0.15) is 0 Å². The number of aryl methyl sites for hydroxylation is 1. The van der Waals surface area contributed by atoms with Crippen LogP contribution in [-0.2, 0) is 10.1 Å². The Morgan fingerprint density at radius 1 is 1.10 bits per heavy atom. The van der Waals surface area contributed by atoms with E-state index in [2.05, 4.69) is 58.6 Å². The molecule has 0 saturated heterocycles. The van der Waals surface area contributed by atoms with E-state index in [9.17, 15) is 0 Å². The summed E-state index contributed by atoms with van der Waals surface area (Å²) >= 11 is 4.73. The molecule has 0 aliphatic heterocycles. The summed E-state index contributed by atoms with van der Waals surface area (Å²) < 4.78 is 0. The molecule has 0 nitrogen and oxygen atoms in total. The van der Waals surface area contributed by atoms with E-state index in [1.54, 1.807) is 0 Å². The molecule has 1 aromatic carbocycles. The first kappa shape index (κ1) is 11.3. The zero-order chi connectivity index (χ0) is 7.82. The van der Waals surface area contributed by atoms with E-state index in [1.807, 2.05) is 18.2 Å². The standard InChI is InChI=1S/C7H8.2HI.Ru/c1-7-5-3-2-4-6-7;;;/h2-6H,1H3;2*1H;/q;;;+2/p-2. The zero-order valence-corrected chi connectivity index (χ0v) is 11.5. The second-order valence-electron chi connectivity index (χ2n) is 1.71. The van der Waals surface area contributed by atoms with E-state index in [0.717, 1.165) is 0 Å². The molecular formula is C7H8I2Ru. The maximum absolute atomic E-state index is 2.37. The van der Waals surface area contributed by atoms with Gasteiger partial charge in [0.1, 0.15) is 0 Å². The van der Waals surface area contributed by atoms with Gasteiger partial charge < -0.3 is 0 Å². The van der Waals surface area contributed by atoms with Crippen molar-refractivity contribution >= 4 is 39.5 Å². The summed E-state index contributed by atoms with van der Waals surface area (Å²) in [6.45, 7) is 2.08. The molecule has 58 valence electrons. The van der Waals surface area contributed by atoms with Crippen LogP contribution >= 0.6 is 39.5 Å². The topological polar surface area (TPSA) is 0 Å². The van der Waals surface area contributed by atoms with Gasteiger partial charge in [-0.3, -0.25) is 0 Å². The van der Waals surface area contributed by atoms with Crippen molar-refractivity contribution in [3.05, 3.63) is 35.9 Å². The Morgan fingerprint density at radius 2 is 1.50 bits per heavy atom. The Balaban J connectivity index is 0.000000236. The van der Waals surface area contributed by atoms with Gasteiger partial charge in [0.05, 0.1) is 0 Å². The second-order valence-corrected chi connectivity index (χ2v) is 15.1. The van der Waals surface area contributed by atoms with Crippen molar-refractivity contribution in [2.45, 2.75) is 6.92 Å². The molecule has 1 aromatic rings. The number of halogens is 2. The first-order valence-corrected chi connectivity index (χ1v) is 13.0. The average Bonchev–Trinajstić information content (AvgIpc) is 1.91. The normalized spacial score (nSPS) is 8.30. The molecule has 0 bridgehead atoms. The van der Waals surface area contributed by atoms with E-state index in [0.29, 0.717) is 10.1 Å². The monoisotopic (exact) mass is 448 g/mol. The SMILES string of the molecule is Cc1ccccc1.[I][Ru][I]. The van der Waals surface area contributed by atoms with E-state index >= 15 is 0 Å². The fraction of sp³-hybridized carbons (Fsp3) is 0.143. The summed E-state index contributed by atoms with van der Waals surface area (Å²) in [4.78, 5) is 0. The van der Waals surface area contributed by atoms with Crippen LogP contribution in [0.1, 0.15) is 5.56 Å². The molecule has 10 heavy (non-hydrogen) atoms. The minimum absolute atomic E-state index is 0.650. The van der Waals surface area contributed by atoms with Crippen LogP contribution in [0.15, 0.2) is 30.3 Å². The molecule has 0 N–H and O–H groups in total. The van der Waals surface area contributed by atoms with Gasteiger partial charge in [-0.15, -0.1) is 0 Å². The van der Waals surface area contributed by atoms with Crippen molar-refractivity contribution in [2.75, 3.05) is 0 Å². The third-order valence-electron chi connectivity index (χ3n) is 0.940. The molecule has 0 saturated carbocycles. The van der Waals surface area contributed by atoms with Crippen molar-refractivity contribution in [2.24, 2.45) is 0 Å². The molecule has 0 fully saturated rings. The zero-order valence-electron chi connectivity index (χ0n) is 5.50. The first-order valence-electron chi connectivity index (χ1n) is 2.68. The van der Waals surface area contributed by atoms with Crippen LogP contribution in [0.25, 0.3) is 0 Å². The molecular weight excluding hydrogens is 439 g/mol. The summed E-state index contributed by atoms with van der Waals surface area (Å²) in [5.74, 6) is 0. The van der Waals surface area contributed by atoms with Gasteiger partial charge in [0.15, 0.2) is 0 Å². The summed E-state index contributed by atoms with van der Waals surface area (Å²) in [6, 6.07) is 10.3. The second kappa shape index (κ2) is 8.40. The fourth-order valence-corrected chi connectivity index (χ4v) is 0.534. The summed E-state index contributed by atoms with van der Waals surface area (Å²) in [5.41, 5.74) is 1.32. The first-order chi connectivity index (χ1) is 4.81. The van der Waals surface area contributed by atoms with Gasteiger partial charge in [-0.25, -0.2) is 0 Å². The van der Waals surface area contributed by atoms with Crippen molar-refractivity contribution < 1.29 is 10.1 Å². The van der Waals surface area contributed by atoms with E-state index in [1.165, 1.54) is 5.56 Å². The van der Waals surface area contributed by atoms with Crippen LogP contribution < -0.4 is 0 Å². The van der Waals surface area contributed by atoms with Crippen molar-refractivity contribution in [3.63, 3.8) is 0 Å². The van der Waals surface area contributed by atoms with Gasteiger partial charge in [-0.05, 0) is 6.92 Å². The molecule has 0 atom stereocenters. The Morgan fingerprint density at radius 3 is 1.70 bits per heavy atom. The maximum atomic E-state index is 2.37. The molecule has 0 unspecified atom stereocenters. The quantitative estimate of drug-likeness (QED) is 0.420. The van der Waals surface area contributed by atoms with E-state index < -0.39 is 0 Å². The van der Waals surface area contributed by atoms with Crippen LogP contribution in [0, 0.1) is 6.92 Å². The molecule has 0 aliphatic carbocycles. The van der Waals surface area contributed by atoms with Crippen LogP contribution in [0.2, 0.25) is 0 Å². The Kier molecular flexibility index (Phi) is 9.50. The summed E-state index contributed by atoms with van der Waals surface area (Å²) in [5, 5.41) is 0. The van der Waals surface area contributed by atoms with Gasteiger partial charge >= 0.3 is 49.6 Å². The molecule has 0 aliphatic rings. The van der Waals surface area contributed by atoms with Gasteiger partial charge in [0.2, 0.25) is 0 Å². The Bertz CT molecular complexity index is 153. The minimum atomic E-state index is 0.650. The molecule has 0 heterocycles. The number of benzene rings is 1. The predicted molar refractivity (Wildman–Crippen MR) is 59.2 cm³/mol. The third kappa shape index (κ3) is 7.41. The molecule has 3 heteroatoms. The van der Waals surface area contributed by atoms with Crippen molar-refractivity contribution in [1.29, 1.82) is 0 Å². The van der Waals surface area contributed by atoms with Crippen LogP contribution in [-0.4, -0.2) is 0 Å². The Hall–Kier alpha value is 1.30. The average molecular weight is 447 g/mol.